The standard InChI is InChI=1S/C24H39N5O6/c1-13(2)16-10-11-18(30)25-12-8-7-9-17(21(31)26-16)27-22(32)19(14(3)4)28-24(35)29-20(15(5)6)23(33)34/h7,9-11,13-17,19-20H,8,12H2,1-6H3,(H,25,30)(H,26,31)(H,27,32)(H,33,34)(H2,28,29,35)/b9-7-,11-10+/t16-,17?,19-,20+/m1/s1. The predicted octanol–water partition coefficient (Wildman–Crippen LogP) is 0.677. The molecular weight excluding hydrogens is 454 g/mol. The molecule has 0 aromatic carbocycles. The summed E-state index contributed by atoms with van der Waals surface area (Å²) in [5.74, 6) is -3.20. The Bertz CT molecular complexity index is 836. The summed E-state index contributed by atoms with van der Waals surface area (Å²) in [7, 11) is 0. The van der Waals surface area contributed by atoms with E-state index in [0.717, 1.165) is 0 Å². The lowest BCUT2D eigenvalue weighted by Crippen LogP contribution is -2.58. The van der Waals surface area contributed by atoms with Crippen LogP contribution in [0.1, 0.15) is 48.0 Å². The monoisotopic (exact) mass is 493 g/mol. The molecule has 1 aliphatic heterocycles. The first-order valence-corrected chi connectivity index (χ1v) is 11.9. The predicted molar refractivity (Wildman–Crippen MR) is 131 cm³/mol. The Morgan fingerprint density at radius 3 is 2.11 bits per heavy atom. The van der Waals surface area contributed by atoms with Gasteiger partial charge in [-0.25, -0.2) is 9.59 Å². The van der Waals surface area contributed by atoms with E-state index in [1.54, 1.807) is 45.9 Å². The van der Waals surface area contributed by atoms with Crippen molar-refractivity contribution in [2.24, 2.45) is 17.8 Å². The molecule has 11 nitrogen and oxygen atoms in total. The Morgan fingerprint density at radius 2 is 1.57 bits per heavy atom. The van der Waals surface area contributed by atoms with E-state index in [0.29, 0.717) is 13.0 Å². The number of hydrogen-bond donors (Lipinski definition) is 6. The molecule has 5 amide bonds. The van der Waals surface area contributed by atoms with Crippen LogP contribution in [0.2, 0.25) is 0 Å². The molecule has 4 atom stereocenters. The fourth-order valence-corrected chi connectivity index (χ4v) is 3.27. The van der Waals surface area contributed by atoms with Gasteiger partial charge in [-0.2, -0.15) is 0 Å². The molecule has 1 heterocycles. The lowest BCUT2D eigenvalue weighted by molar-refractivity contribution is -0.140. The van der Waals surface area contributed by atoms with E-state index in [4.69, 9.17) is 0 Å². The molecule has 11 heteroatoms. The molecule has 0 fully saturated rings. The largest absolute Gasteiger partial charge is 0.480 e. The van der Waals surface area contributed by atoms with Crippen LogP contribution in [0.3, 0.4) is 0 Å². The molecule has 0 saturated heterocycles. The number of amides is 5. The molecular formula is C24H39N5O6. The van der Waals surface area contributed by atoms with E-state index < -0.39 is 48.0 Å². The molecule has 1 rings (SSSR count). The van der Waals surface area contributed by atoms with Gasteiger partial charge in [0.1, 0.15) is 18.1 Å². The van der Waals surface area contributed by atoms with Gasteiger partial charge in [-0.1, -0.05) is 59.8 Å². The first-order valence-electron chi connectivity index (χ1n) is 11.9. The zero-order valence-corrected chi connectivity index (χ0v) is 21.3. The molecule has 0 radical (unpaired) electrons. The van der Waals surface area contributed by atoms with Gasteiger partial charge in [0.25, 0.3) is 0 Å². The summed E-state index contributed by atoms with van der Waals surface area (Å²) in [4.78, 5) is 61.7. The topological polar surface area (TPSA) is 166 Å². The highest BCUT2D eigenvalue weighted by Crippen LogP contribution is 2.08. The van der Waals surface area contributed by atoms with Gasteiger partial charge in [0.05, 0.1) is 0 Å². The van der Waals surface area contributed by atoms with Gasteiger partial charge in [0.2, 0.25) is 17.7 Å². The number of carboxylic acid groups (broad SMARTS) is 1. The number of aliphatic carboxylic acids is 1. The van der Waals surface area contributed by atoms with Crippen molar-refractivity contribution in [3.05, 3.63) is 24.3 Å². The quantitative estimate of drug-likeness (QED) is 0.272. The maximum atomic E-state index is 13.1. The first kappa shape index (κ1) is 29.7. The third-order valence-electron chi connectivity index (χ3n) is 5.46. The molecule has 1 unspecified atom stereocenters. The Kier molecular flexibility index (Phi) is 12.0. The van der Waals surface area contributed by atoms with Crippen molar-refractivity contribution >= 4 is 29.7 Å². The van der Waals surface area contributed by atoms with Crippen molar-refractivity contribution in [1.82, 2.24) is 26.6 Å². The van der Waals surface area contributed by atoms with Crippen LogP contribution in [0.5, 0.6) is 0 Å². The normalized spacial score (nSPS) is 22.7. The van der Waals surface area contributed by atoms with Crippen LogP contribution < -0.4 is 26.6 Å². The third-order valence-corrected chi connectivity index (χ3v) is 5.46. The fraction of sp³-hybridized carbons (Fsp3) is 0.625. The van der Waals surface area contributed by atoms with E-state index >= 15 is 0 Å². The molecule has 0 aromatic heterocycles. The van der Waals surface area contributed by atoms with E-state index in [9.17, 15) is 29.1 Å². The number of rotatable bonds is 8. The van der Waals surface area contributed by atoms with Crippen molar-refractivity contribution < 1.29 is 29.1 Å². The number of hydrogen-bond acceptors (Lipinski definition) is 5. The summed E-state index contributed by atoms with van der Waals surface area (Å²) < 4.78 is 0. The Morgan fingerprint density at radius 1 is 0.971 bits per heavy atom. The Balaban J connectivity index is 3.01. The highest BCUT2D eigenvalue weighted by molar-refractivity contribution is 5.94. The minimum atomic E-state index is -1.18. The maximum Gasteiger partial charge on any atom is 0.326 e. The maximum absolute atomic E-state index is 13.1. The van der Waals surface area contributed by atoms with Gasteiger partial charge >= 0.3 is 12.0 Å². The van der Waals surface area contributed by atoms with Crippen LogP contribution in [0.15, 0.2) is 24.3 Å². The summed E-state index contributed by atoms with van der Waals surface area (Å²) in [6.45, 7) is 10.9. The van der Waals surface area contributed by atoms with E-state index in [1.165, 1.54) is 6.08 Å². The van der Waals surface area contributed by atoms with Gasteiger partial charge < -0.3 is 31.7 Å². The van der Waals surface area contributed by atoms with Crippen LogP contribution >= 0.6 is 0 Å². The SMILES string of the molecule is CC(C)[C@H](NC(=O)N[C@@H](C(=O)NC1/C=C\CCNC(=O)/C=C/[C@H](C(C)C)NC1=O)C(C)C)C(=O)O. The molecule has 0 spiro atoms. The summed E-state index contributed by atoms with van der Waals surface area (Å²) >= 11 is 0. The number of carbonyl (C=O) groups is 5. The average molecular weight is 494 g/mol. The average Bonchev–Trinajstić information content (AvgIpc) is 2.75. The lowest BCUT2D eigenvalue weighted by atomic mass is 10.0. The minimum Gasteiger partial charge on any atom is -0.480 e. The number of carboxylic acids is 1. The van der Waals surface area contributed by atoms with Crippen LogP contribution in [0.4, 0.5) is 4.79 Å². The number of urea groups is 1. The van der Waals surface area contributed by atoms with Crippen LogP contribution in [0, 0.1) is 17.8 Å². The van der Waals surface area contributed by atoms with Gasteiger partial charge in [0.15, 0.2) is 0 Å². The van der Waals surface area contributed by atoms with E-state index in [1.807, 2.05) is 13.8 Å². The number of nitrogens with one attached hydrogen (secondary N) is 5. The number of carbonyl (C=O) groups excluding carboxylic acids is 4. The summed E-state index contributed by atoms with van der Waals surface area (Å²) in [6, 6.07) is -4.37. The molecule has 0 bridgehead atoms. The molecule has 0 aromatic rings. The Labute approximate surface area is 206 Å². The second-order valence-electron chi connectivity index (χ2n) is 9.53. The molecule has 0 saturated carbocycles. The van der Waals surface area contributed by atoms with Crippen molar-refractivity contribution in [3.8, 4) is 0 Å². The van der Waals surface area contributed by atoms with Crippen molar-refractivity contribution in [2.75, 3.05) is 6.54 Å². The summed E-state index contributed by atoms with van der Waals surface area (Å²) in [5, 5.41) is 22.4. The zero-order valence-electron chi connectivity index (χ0n) is 21.3. The zero-order chi connectivity index (χ0) is 26.7. The first-order chi connectivity index (χ1) is 16.3. The second-order valence-corrected chi connectivity index (χ2v) is 9.53. The third kappa shape index (κ3) is 10.2. The Hall–Kier alpha value is -3.37. The fourth-order valence-electron chi connectivity index (χ4n) is 3.27. The van der Waals surface area contributed by atoms with E-state index in [2.05, 4.69) is 26.6 Å². The lowest BCUT2D eigenvalue weighted by Gasteiger charge is -2.27. The molecule has 6 N–H and O–H groups in total. The highest BCUT2D eigenvalue weighted by Gasteiger charge is 2.30. The summed E-state index contributed by atoms with van der Waals surface area (Å²) in [6.07, 6.45) is 6.66. The van der Waals surface area contributed by atoms with E-state index in [-0.39, 0.29) is 23.7 Å². The van der Waals surface area contributed by atoms with Crippen molar-refractivity contribution in [1.29, 1.82) is 0 Å². The molecule has 35 heavy (non-hydrogen) atoms. The van der Waals surface area contributed by atoms with Crippen molar-refractivity contribution in [2.45, 2.75) is 72.1 Å². The van der Waals surface area contributed by atoms with Crippen LogP contribution in [0.25, 0.3) is 0 Å². The molecule has 0 aliphatic carbocycles. The van der Waals surface area contributed by atoms with Crippen molar-refractivity contribution in [3.63, 3.8) is 0 Å². The molecule has 196 valence electrons. The summed E-state index contributed by atoms with van der Waals surface area (Å²) in [5.41, 5.74) is 0. The van der Waals surface area contributed by atoms with Gasteiger partial charge in [-0.05, 0) is 24.2 Å². The van der Waals surface area contributed by atoms with Gasteiger partial charge in [-0.15, -0.1) is 0 Å². The van der Waals surface area contributed by atoms with Crippen LogP contribution in [-0.2, 0) is 19.2 Å². The van der Waals surface area contributed by atoms with Gasteiger partial charge in [-0.3, -0.25) is 14.4 Å². The molecule has 1 aliphatic rings. The highest BCUT2D eigenvalue weighted by atomic mass is 16.4. The van der Waals surface area contributed by atoms with Crippen LogP contribution in [-0.4, -0.2) is 65.5 Å². The second kappa shape index (κ2) is 14.1. The minimum absolute atomic E-state index is 0.0109. The smallest absolute Gasteiger partial charge is 0.326 e. The van der Waals surface area contributed by atoms with Gasteiger partial charge in [0, 0.05) is 18.7 Å².